The van der Waals surface area contributed by atoms with Crippen LogP contribution in [0, 0.1) is 25.2 Å². The SMILES string of the molecule is CC(=O)Nc1c(C)cc(N2CCc3sc(C#N)cc3C2)cc1C. The first kappa shape index (κ1) is 15.6. The van der Waals surface area contributed by atoms with Crippen molar-refractivity contribution in [3.63, 3.8) is 0 Å². The van der Waals surface area contributed by atoms with Crippen LogP contribution in [0.25, 0.3) is 0 Å². The van der Waals surface area contributed by atoms with Crippen molar-refractivity contribution < 1.29 is 4.79 Å². The van der Waals surface area contributed by atoms with Gasteiger partial charge in [-0.1, -0.05) is 0 Å². The van der Waals surface area contributed by atoms with Gasteiger partial charge in [0.05, 0.1) is 0 Å². The van der Waals surface area contributed by atoms with Crippen LogP contribution in [0.3, 0.4) is 0 Å². The zero-order valence-electron chi connectivity index (χ0n) is 13.6. The zero-order chi connectivity index (χ0) is 16.6. The minimum atomic E-state index is -0.0473. The number of anilines is 2. The number of nitrogens with zero attached hydrogens (tertiary/aromatic N) is 2. The van der Waals surface area contributed by atoms with E-state index >= 15 is 0 Å². The predicted octanol–water partition coefficient (Wildman–Crippen LogP) is 3.76. The van der Waals surface area contributed by atoms with Crippen LogP contribution in [0.15, 0.2) is 18.2 Å². The molecule has 1 aromatic carbocycles. The van der Waals surface area contributed by atoms with Crippen molar-refractivity contribution >= 4 is 28.6 Å². The highest BCUT2D eigenvalue weighted by atomic mass is 32.1. The first-order valence-corrected chi connectivity index (χ1v) is 8.45. The van der Waals surface area contributed by atoms with Gasteiger partial charge in [0.1, 0.15) is 10.9 Å². The van der Waals surface area contributed by atoms with Gasteiger partial charge in [-0.2, -0.15) is 5.26 Å². The van der Waals surface area contributed by atoms with Gasteiger partial charge in [0.15, 0.2) is 0 Å². The van der Waals surface area contributed by atoms with Gasteiger partial charge in [-0.05, 0) is 55.2 Å². The van der Waals surface area contributed by atoms with Gasteiger partial charge in [0, 0.05) is 36.3 Å². The van der Waals surface area contributed by atoms with Crippen molar-refractivity contribution in [2.75, 3.05) is 16.8 Å². The smallest absolute Gasteiger partial charge is 0.221 e. The number of fused-ring (bicyclic) bond motifs is 1. The molecule has 118 valence electrons. The summed E-state index contributed by atoms with van der Waals surface area (Å²) in [5.74, 6) is -0.0473. The third kappa shape index (κ3) is 3.08. The molecule has 23 heavy (non-hydrogen) atoms. The number of carbonyl (C=O) groups is 1. The Bertz CT molecular complexity index is 793. The molecule has 1 aliphatic rings. The molecule has 0 saturated carbocycles. The summed E-state index contributed by atoms with van der Waals surface area (Å²) in [6.45, 7) is 7.37. The van der Waals surface area contributed by atoms with Crippen molar-refractivity contribution in [2.45, 2.75) is 33.7 Å². The molecule has 3 rings (SSSR count). The molecular weight excluding hydrogens is 306 g/mol. The average Bonchev–Trinajstić information content (AvgIpc) is 2.92. The highest BCUT2D eigenvalue weighted by molar-refractivity contribution is 7.12. The second kappa shape index (κ2) is 6.05. The lowest BCUT2D eigenvalue weighted by Gasteiger charge is -2.30. The maximum atomic E-state index is 11.3. The van der Waals surface area contributed by atoms with E-state index in [2.05, 4.69) is 28.4 Å². The Balaban J connectivity index is 1.88. The molecule has 1 aliphatic heterocycles. The summed E-state index contributed by atoms with van der Waals surface area (Å²) in [6, 6.07) is 8.51. The summed E-state index contributed by atoms with van der Waals surface area (Å²) in [7, 11) is 0. The number of amides is 1. The summed E-state index contributed by atoms with van der Waals surface area (Å²) in [5, 5.41) is 12.0. The van der Waals surface area contributed by atoms with Gasteiger partial charge in [-0.15, -0.1) is 11.3 Å². The van der Waals surface area contributed by atoms with Crippen LogP contribution in [-0.4, -0.2) is 12.5 Å². The van der Waals surface area contributed by atoms with Crippen LogP contribution >= 0.6 is 11.3 Å². The van der Waals surface area contributed by atoms with Crippen molar-refractivity contribution in [2.24, 2.45) is 0 Å². The number of benzene rings is 1. The van der Waals surface area contributed by atoms with Crippen LogP contribution in [0.4, 0.5) is 11.4 Å². The first-order chi connectivity index (χ1) is 11.0. The van der Waals surface area contributed by atoms with Crippen LogP contribution in [0.5, 0.6) is 0 Å². The van der Waals surface area contributed by atoms with Crippen molar-refractivity contribution in [1.82, 2.24) is 0 Å². The molecule has 5 heteroatoms. The molecule has 2 aromatic rings. The van der Waals surface area contributed by atoms with Crippen LogP contribution in [0.2, 0.25) is 0 Å². The quantitative estimate of drug-likeness (QED) is 0.914. The van der Waals surface area contributed by atoms with Gasteiger partial charge in [0.25, 0.3) is 0 Å². The summed E-state index contributed by atoms with van der Waals surface area (Å²) < 4.78 is 0. The largest absolute Gasteiger partial charge is 0.367 e. The lowest BCUT2D eigenvalue weighted by Crippen LogP contribution is -2.29. The first-order valence-electron chi connectivity index (χ1n) is 7.63. The van der Waals surface area contributed by atoms with E-state index in [0.717, 1.165) is 41.2 Å². The lowest BCUT2D eigenvalue weighted by atomic mass is 10.0. The second-order valence-corrected chi connectivity index (χ2v) is 7.11. The monoisotopic (exact) mass is 325 g/mol. The fourth-order valence-electron chi connectivity index (χ4n) is 3.10. The van der Waals surface area contributed by atoms with Gasteiger partial charge in [-0.25, -0.2) is 0 Å². The molecule has 0 bridgehead atoms. The van der Waals surface area contributed by atoms with E-state index < -0.39 is 0 Å². The molecule has 0 radical (unpaired) electrons. The minimum absolute atomic E-state index is 0.0473. The minimum Gasteiger partial charge on any atom is -0.367 e. The zero-order valence-corrected chi connectivity index (χ0v) is 14.4. The molecule has 0 atom stereocenters. The van der Waals surface area contributed by atoms with Crippen LogP contribution in [0.1, 0.15) is 33.4 Å². The van der Waals surface area contributed by atoms with Crippen molar-refractivity contribution in [3.8, 4) is 6.07 Å². The molecule has 0 aliphatic carbocycles. The molecule has 0 saturated heterocycles. The number of carbonyl (C=O) groups excluding carboxylic acids is 1. The highest BCUT2D eigenvalue weighted by Gasteiger charge is 2.20. The number of hydrogen-bond donors (Lipinski definition) is 1. The lowest BCUT2D eigenvalue weighted by molar-refractivity contribution is -0.114. The Labute approximate surface area is 140 Å². The topological polar surface area (TPSA) is 56.1 Å². The van der Waals surface area contributed by atoms with Gasteiger partial charge in [-0.3, -0.25) is 4.79 Å². The van der Waals surface area contributed by atoms with E-state index in [4.69, 9.17) is 5.26 Å². The second-order valence-electron chi connectivity index (χ2n) is 5.98. The Hall–Kier alpha value is -2.32. The molecule has 1 amide bonds. The Morgan fingerprint density at radius 1 is 1.30 bits per heavy atom. The van der Waals surface area contributed by atoms with Crippen LogP contribution < -0.4 is 10.2 Å². The fraction of sp³-hybridized carbons (Fsp3) is 0.333. The van der Waals surface area contributed by atoms with E-state index in [1.54, 1.807) is 11.3 Å². The van der Waals surface area contributed by atoms with Crippen molar-refractivity contribution in [1.29, 1.82) is 5.26 Å². The predicted molar refractivity (Wildman–Crippen MR) is 94.0 cm³/mol. The third-order valence-electron chi connectivity index (χ3n) is 4.16. The summed E-state index contributed by atoms with van der Waals surface area (Å²) in [4.78, 5) is 15.8. The Morgan fingerprint density at radius 3 is 2.61 bits per heavy atom. The van der Waals surface area contributed by atoms with Crippen molar-refractivity contribution in [3.05, 3.63) is 44.6 Å². The summed E-state index contributed by atoms with van der Waals surface area (Å²) in [6.07, 6.45) is 0.979. The van der Waals surface area contributed by atoms with E-state index in [1.165, 1.54) is 23.1 Å². The van der Waals surface area contributed by atoms with Gasteiger partial charge in [0.2, 0.25) is 5.91 Å². The number of thiophene rings is 1. The Kier molecular flexibility index (Phi) is 4.10. The number of rotatable bonds is 2. The van der Waals surface area contributed by atoms with E-state index in [0.29, 0.717) is 0 Å². The molecule has 4 nitrogen and oxygen atoms in total. The number of aryl methyl sites for hydroxylation is 2. The molecule has 1 aromatic heterocycles. The summed E-state index contributed by atoms with van der Waals surface area (Å²) >= 11 is 1.61. The molecule has 1 N–H and O–H groups in total. The Morgan fingerprint density at radius 2 is 2.00 bits per heavy atom. The molecule has 0 fully saturated rings. The maximum Gasteiger partial charge on any atom is 0.221 e. The third-order valence-corrected chi connectivity index (χ3v) is 5.30. The molecule has 2 heterocycles. The standard InChI is InChI=1S/C18H19N3OS/c1-11-6-15(7-12(2)18(11)20-13(3)22)21-5-4-17-14(10-21)8-16(9-19)23-17/h6-8H,4-5,10H2,1-3H3,(H,20,22). The van der Waals surface area contributed by atoms with Crippen LogP contribution in [-0.2, 0) is 17.8 Å². The molecular formula is C18H19N3OS. The van der Waals surface area contributed by atoms with E-state index in [-0.39, 0.29) is 5.91 Å². The van der Waals surface area contributed by atoms with E-state index in [1.807, 2.05) is 19.9 Å². The number of hydrogen-bond acceptors (Lipinski definition) is 4. The van der Waals surface area contributed by atoms with Gasteiger partial charge < -0.3 is 10.2 Å². The average molecular weight is 325 g/mol. The fourth-order valence-corrected chi connectivity index (χ4v) is 4.07. The highest BCUT2D eigenvalue weighted by Crippen LogP contribution is 2.33. The van der Waals surface area contributed by atoms with E-state index in [9.17, 15) is 4.79 Å². The number of nitriles is 1. The molecule has 0 unspecified atom stereocenters. The normalized spacial score (nSPS) is 13.4. The summed E-state index contributed by atoms with van der Waals surface area (Å²) in [5.41, 5.74) is 5.48. The molecule has 0 spiro atoms. The van der Waals surface area contributed by atoms with Gasteiger partial charge >= 0.3 is 0 Å². The number of nitrogens with one attached hydrogen (secondary N) is 1. The maximum absolute atomic E-state index is 11.3.